The Labute approximate surface area is 100 Å². The smallest absolute Gasteiger partial charge is 0.249 e. The van der Waals surface area contributed by atoms with Crippen LogP contribution in [0.5, 0.6) is 0 Å². The minimum atomic E-state index is -0.992. The van der Waals surface area contributed by atoms with Crippen LogP contribution in [0.4, 0.5) is 0 Å². The third kappa shape index (κ3) is 3.51. The summed E-state index contributed by atoms with van der Waals surface area (Å²) in [4.78, 5) is 11.4. The summed E-state index contributed by atoms with van der Waals surface area (Å²) < 4.78 is 0. The number of aliphatic hydroxyl groups is 1. The Morgan fingerprint density at radius 2 is 2.25 bits per heavy atom. The lowest BCUT2D eigenvalue weighted by Crippen LogP contribution is -2.35. The van der Waals surface area contributed by atoms with Gasteiger partial charge >= 0.3 is 0 Å². The highest BCUT2D eigenvalue weighted by atomic mass is 35.5. The molecule has 1 amide bonds. The standard InChI is InChI=1S/C12H16ClNO2/c1-3-11(14-12(16)8(2)15)9-5-4-6-10(13)7-9/h4-8,11,15H,3H2,1-2H3,(H,14,16). The average Bonchev–Trinajstić information content (AvgIpc) is 2.25. The van der Waals surface area contributed by atoms with Crippen LogP contribution in [-0.2, 0) is 4.79 Å². The second-order valence-electron chi connectivity index (χ2n) is 3.70. The Balaban J connectivity index is 2.78. The molecule has 2 atom stereocenters. The second-order valence-corrected chi connectivity index (χ2v) is 4.14. The van der Waals surface area contributed by atoms with E-state index in [1.54, 1.807) is 6.07 Å². The van der Waals surface area contributed by atoms with Gasteiger partial charge in [0.2, 0.25) is 5.91 Å². The second kappa shape index (κ2) is 5.87. The van der Waals surface area contributed by atoms with Crippen molar-refractivity contribution in [3.8, 4) is 0 Å². The monoisotopic (exact) mass is 241 g/mol. The molecule has 4 heteroatoms. The average molecular weight is 242 g/mol. The largest absolute Gasteiger partial charge is 0.384 e. The molecule has 0 saturated carbocycles. The summed E-state index contributed by atoms with van der Waals surface area (Å²) in [7, 11) is 0. The fourth-order valence-corrected chi connectivity index (χ4v) is 1.64. The molecule has 1 aromatic rings. The van der Waals surface area contributed by atoms with Crippen LogP contribution in [0, 0.1) is 0 Å². The molecule has 0 aliphatic heterocycles. The van der Waals surface area contributed by atoms with Crippen molar-refractivity contribution in [2.45, 2.75) is 32.4 Å². The molecular weight excluding hydrogens is 226 g/mol. The summed E-state index contributed by atoms with van der Waals surface area (Å²) >= 11 is 5.88. The van der Waals surface area contributed by atoms with Crippen molar-refractivity contribution < 1.29 is 9.90 Å². The molecule has 1 aromatic carbocycles. The van der Waals surface area contributed by atoms with Gasteiger partial charge in [-0.15, -0.1) is 0 Å². The number of carbonyl (C=O) groups excluding carboxylic acids is 1. The zero-order valence-electron chi connectivity index (χ0n) is 9.40. The van der Waals surface area contributed by atoms with E-state index in [-0.39, 0.29) is 11.9 Å². The van der Waals surface area contributed by atoms with Gasteiger partial charge in [-0.2, -0.15) is 0 Å². The van der Waals surface area contributed by atoms with Gasteiger partial charge in [-0.3, -0.25) is 4.79 Å². The molecule has 0 radical (unpaired) electrons. The number of amides is 1. The first-order valence-electron chi connectivity index (χ1n) is 5.28. The third-order valence-electron chi connectivity index (χ3n) is 2.36. The van der Waals surface area contributed by atoms with E-state index in [1.807, 2.05) is 25.1 Å². The van der Waals surface area contributed by atoms with Gasteiger partial charge < -0.3 is 10.4 Å². The fourth-order valence-electron chi connectivity index (χ4n) is 1.44. The van der Waals surface area contributed by atoms with Gasteiger partial charge in [-0.05, 0) is 31.0 Å². The third-order valence-corrected chi connectivity index (χ3v) is 2.59. The molecule has 0 fully saturated rings. The van der Waals surface area contributed by atoms with Gasteiger partial charge in [0.25, 0.3) is 0 Å². The molecule has 3 nitrogen and oxygen atoms in total. The van der Waals surface area contributed by atoms with Gasteiger partial charge in [0.15, 0.2) is 0 Å². The topological polar surface area (TPSA) is 49.3 Å². The van der Waals surface area contributed by atoms with Crippen LogP contribution < -0.4 is 5.32 Å². The van der Waals surface area contributed by atoms with Crippen molar-refractivity contribution in [1.82, 2.24) is 5.32 Å². The van der Waals surface area contributed by atoms with Crippen LogP contribution in [0.15, 0.2) is 24.3 Å². The molecule has 0 aliphatic carbocycles. The lowest BCUT2D eigenvalue weighted by Gasteiger charge is -2.18. The molecule has 2 N–H and O–H groups in total. The van der Waals surface area contributed by atoms with Gasteiger partial charge in [0.1, 0.15) is 6.10 Å². The van der Waals surface area contributed by atoms with Crippen LogP contribution >= 0.6 is 11.6 Å². The van der Waals surface area contributed by atoms with Crippen LogP contribution in [0.3, 0.4) is 0 Å². The molecular formula is C12H16ClNO2. The first-order chi connectivity index (χ1) is 7.54. The normalized spacial score (nSPS) is 14.2. The molecule has 0 bridgehead atoms. The Hall–Kier alpha value is -1.06. The molecule has 88 valence electrons. The van der Waals surface area contributed by atoms with Crippen molar-refractivity contribution in [2.24, 2.45) is 0 Å². The van der Waals surface area contributed by atoms with E-state index >= 15 is 0 Å². The van der Waals surface area contributed by atoms with Crippen LogP contribution in [0.25, 0.3) is 0 Å². The van der Waals surface area contributed by atoms with Crippen LogP contribution in [0.1, 0.15) is 31.9 Å². The number of benzene rings is 1. The number of nitrogens with one attached hydrogen (secondary N) is 1. The highest BCUT2D eigenvalue weighted by Crippen LogP contribution is 2.20. The van der Waals surface area contributed by atoms with Gasteiger partial charge in [-0.25, -0.2) is 0 Å². The number of halogens is 1. The predicted octanol–water partition coefficient (Wildman–Crippen LogP) is 2.29. The fraction of sp³-hybridized carbons (Fsp3) is 0.417. The van der Waals surface area contributed by atoms with E-state index in [1.165, 1.54) is 6.92 Å². The minimum Gasteiger partial charge on any atom is -0.384 e. The molecule has 16 heavy (non-hydrogen) atoms. The molecule has 2 unspecified atom stereocenters. The Kier molecular flexibility index (Phi) is 4.77. The zero-order chi connectivity index (χ0) is 12.1. The summed E-state index contributed by atoms with van der Waals surface area (Å²) in [6, 6.07) is 7.24. The Morgan fingerprint density at radius 1 is 1.56 bits per heavy atom. The maximum Gasteiger partial charge on any atom is 0.249 e. The molecule has 0 saturated heterocycles. The van der Waals surface area contributed by atoms with Crippen molar-refractivity contribution in [3.63, 3.8) is 0 Å². The maximum atomic E-state index is 11.4. The summed E-state index contributed by atoms with van der Waals surface area (Å²) in [5.41, 5.74) is 0.948. The van der Waals surface area contributed by atoms with Crippen molar-refractivity contribution in [3.05, 3.63) is 34.9 Å². The number of carbonyl (C=O) groups is 1. The van der Waals surface area contributed by atoms with E-state index in [4.69, 9.17) is 16.7 Å². The number of hydrogen-bond donors (Lipinski definition) is 2. The van der Waals surface area contributed by atoms with Gasteiger partial charge in [0, 0.05) is 5.02 Å². The summed E-state index contributed by atoms with van der Waals surface area (Å²) in [6.07, 6.45) is -0.244. The summed E-state index contributed by atoms with van der Waals surface area (Å²) in [5.74, 6) is -0.369. The number of rotatable bonds is 4. The Bertz CT molecular complexity index is 366. The first kappa shape index (κ1) is 13.0. The van der Waals surface area contributed by atoms with Gasteiger partial charge in [-0.1, -0.05) is 30.7 Å². The van der Waals surface area contributed by atoms with E-state index in [2.05, 4.69) is 5.32 Å². The molecule has 0 spiro atoms. The quantitative estimate of drug-likeness (QED) is 0.850. The summed E-state index contributed by atoms with van der Waals surface area (Å²) in [5, 5.41) is 12.5. The lowest BCUT2D eigenvalue weighted by atomic mass is 10.0. The van der Waals surface area contributed by atoms with Crippen LogP contribution in [0.2, 0.25) is 5.02 Å². The predicted molar refractivity (Wildman–Crippen MR) is 64.3 cm³/mol. The Morgan fingerprint density at radius 3 is 2.75 bits per heavy atom. The highest BCUT2D eigenvalue weighted by molar-refractivity contribution is 6.30. The zero-order valence-corrected chi connectivity index (χ0v) is 10.2. The van der Waals surface area contributed by atoms with E-state index < -0.39 is 6.10 Å². The van der Waals surface area contributed by atoms with E-state index in [0.29, 0.717) is 5.02 Å². The highest BCUT2D eigenvalue weighted by Gasteiger charge is 2.15. The summed E-state index contributed by atoms with van der Waals surface area (Å²) in [6.45, 7) is 3.41. The number of aliphatic hydroxyl groups excluding tert-OH is 1. The number of hydrogen-bond acceptors (Lipinski definition) is 2. The molecule has 0 aliphatic rings. The van der Waals surface area contributed by atoms with E-state index in [9.17, 15) is 4.79 Å². The van der Waals surface area contributed by atoms with E-state index in [0.717, 1.165) is 12.0 Å². The first-order valence-corrected chi connectivity index (χ1v) is 5.66. The van der Waals surface area contributed by atoms with Gasteiger partial charge in [0.05, 0.1) is 6.04 Å². The SMILES string of the molecule is CCC(NC(=O)C(C)O)c1cccc(Cl)c1. The molecule has 0 heterocycles. The van der Waals surface area contributed by atoms with Crippen molar-refractivity contribution in [2.75, 3.05) is 0 Å². The minimum absolute atomic E-state index is 0.110. The lowest BCUT2D eigenvalue weighted by molar-refractivity contribution is -0.129. The molecule has 0 aromatic heterocycles. The van der Waals surface area contributed by atoms with Crippen molar-refractivity contribution in [1.29, 1.82) is 0 Å². The maximum absolute atomic E-state index is 11.4. The molecule has 1 rings (SSSR count). The van der Waals surface area contributed by atoms with Crippen molar-refractivity contribution >= 4 is 17.5 Å². The van der Waals surface area contributed by atoms with Crippen LogP contribution in [-0.4, -0.2) is 17.1 Å².